The smallest absolute Gasteiger partial charge is 0.285 e. The lowest BCUT2D eigenvalue weighted by molar-refractivity contribution is 0.111. The summed E-state index contributed by atoms with van der Waals surface area (Å²) in [5.41, 5.74) is 1.37. The Bertz CT molecular complexity index is 608. The van der Waals surface area contributed by atoms with E-state index < -0.39 is 5.56 Å². The Balaban J connectivity index is 2.55. The summed E-state index contributed by atoms with van der Waals surface area (Å²) in [6.07, 6.45) is 0.508. The highest BCUT2D eigenvalue weighted by Crippen LogP contribution is 2.13. The Morgan fingerprint density at radius 1 is 1.33 bits per heavy atom. The summed E-state index contributed by atoms with van der Waals surface area (Å²) < 4.78 is 6.53. The molecule has 5 nitrogen and oxygen atoms in total. The fourth-order valence-corrected chi connectivity index (χ4v) is 1.66. The van der Waals surface area contributed by atoms with Gasteiger partial charge in [0, 0.05) is 0 Å². The number of rotatable bonds is 4. The van der Waals surface area contributed by atoms with Crippen LogP contribution in [0.25, 0.3) is 5.69 Å². The minimum atomic E-state index is -0.405. The molecule has 1 aromatic heterocycles. The quantitative estimate of drug-likeness (QED) is 0.835. The summed E-state index contributed by atoms with van der Waals surface area (Å²) >= 11 is 0. The SMILES string of the molecule is CCOc1[nH]n(-c2ccc(C)cc2)c(=O)c1C=O. The predicted molar refractivity (Wildman–Crippen MR) is 67.7 cm³/mol. The predicted octanol–water partition coefficient (Wildman–Crippen LogP) is 1.69. The van der Waals surface area contributed by atoms with Crippen LogP contribution < -0.4 is 10.3 Å². The van der Waals surface area contributed by atoms with Gasteiger partial charge in [0.1, 0.15) is 5.56 Å². The number of aldehydes is 1. The van der Waals surface area contributed by atoms with Gasteiger partial charge < -0.3 is 4.74 Å². The molecule has 0 bridgehead atoms. The summed E-state index contributed by atoms with van der Waals surface area (Å²) in [5.74, 6) is 0.207. The van der Waals surface area contributed by atoms with E-state index in [0.717, 1.165) is 5.56 Å². The molecular formula is C13H14N2O3. The molecule has 0 aliphatic rings. The first-order chi connectivity index (χ1) is 8.67. The van der Waals surface area contributed by atoms with Crippen molar-refractivity contribution in [1.82, 2.24) is 9.78 Å². The van der Waals surface area contributed by atoms with E-state index in [0.29, 0.717) is 18.6 Å². The van der Waals surface area contributed by atoms with Crippen LogP contribution in [0.5, 0.6) is 5.88 Å². The molecule has 2 rings (SSSR count). The van der Waals surface area contributed by atoms with Gasteiger partial charge in [-0.05, 0) is 26.0 Å². The summed E-state index contributed by atoms with van der Waals surface area (Å²) in [5, 5.41) is 2.79. The minimum Gasteiger partial charge on any atom is -0.478 e. The minimum absolute atomic E-state index is 0.0115. The number of H-pyrrole nitrogens is 1. The molecular weight excluding hydrogens is 232 g/mol. The molecule has 0 amide bonds. The Labute approximate surface area is 104 Å². The van der Waals surface area contributed by atoms with Crippen LogP contribution in [0.4, 0.5) is 0 Å². The number of nitrogens with one attached hydrogen (secondary N) is 1. The van der Waals surface area contributed by atoms with E-state index >= 15 is 0 Å². The van der Waals surface area contributed by atoms with Crippen LogP contribution in [-0.4, -0.2) is 22.7 Å². The zero-order chi connectivity index (χ0) is 13.1. The zero-order valence-electron chi connectivity index (χ0n) is 10.3. The van der Waals surface area contributed by atoms with E-state index in [9.17, 15) is 9.59 Å². The highest BCUT2D eigenvalue weighted by atomic mass is 16.5. The monoisotopic (exact) mass is 246 g/mol. The van der Waals surface area contributed by atoms with Crippen molar-refractivity contribution in [3.63, 3.8) is 0 Å². The molecule has 1 N–H and O–H groups in total. The number of carbonyl (C=O) groups excluding carboxylic acids is 1. The van der Waals surface area contributed by atoms with Gasteiger partial charge in [-0.3, -0.25) is 14.7 Å². The standard InChI is InChI=1S/C13H14N2O3/c1-3-18-12-11(8-16)13(17)15(14-12)10-6-4-9(2)5-7-10/h4-8,14H,3H2,1-2H3. The van der Waals surface area contributed by atoms with Gasteiger partial charge in [0.2, 0.25) is 5.88 Å². The molecule has 0 saturated carbocycles. The molecule has 0 radical (unpaired) electrons. The third-order valence-corrected chi connectivity index (χ3v) is 2.59. The molecule has 94 valence electrons. The zero-order valence-corrected chi connectivity index (χ0v) is 10.3. The Morgan fingerprint density at radius 3 is 2.56 bits per heavy atom. The fourth-order valence-electron chi connectivity index (χ4n) is 1.66. The van der Waals surface area contributed by atoms with Crippen LogP contribution in [0.15, 0.2) is 29.1 Å². The van der Waals surface area contributed by atoms with Gasteiger partial charge in [-0.25, -0.2) is 4.68 Å². The lowest BCUT2D eigenvalue weighted by Gasteiger charge is -2.02. The van der Waals surface area contributed by atoms with E-state index in [4.69, 9.17) is 4.74 Å². The molecule has 0 aliphatic carbocycles. The molecule has 5 heteroatoms. The number of hydrogen-bond acceptors (Lipinski definition) is 3. The molecule has 0 saturated heterocycles. The highest BCUT2D eigenvalue weighted by molar-refractivity contribution is 5.77. The maximum Gasteiger partial charge on any atom is 0.285 e. The van der Waals surface area contributed by atoms with Gasteiger partial charge in [-0.15, -0.1) is 0 Å². The van der Waals surface area contributed by atoms with Gasteiger partial charge in [-0.1, -0.05) is 17.7 Å². The number of ether oxygens (including phenoxy) is 1. The van der Waals surface area contributed by atoms with Crippen molar-refractivity contribution in [2.24, 2.45) is 0 Å². The molecule has 0 atom stereocenters. The van der Waals surface area contributed by atoms with Crippen molar-refractivity contribution in [2.45, 2.75) is 13.8 Å². The normalized spacial score (nSPS) is 10.3. The number of hydrogen-bond donors (Lipinski definition) is 1. The Hall–Kier alpha value is -2.30. The van der Waals surface area contributed by atoms with E-state index in [2.05, 4.69) is 5.10 Å². The molecule has 2 aromatic rings. The third-order valence-electron chi connectivity index (χ3n) is 2.59. The molecule has 18 heavy (non-hydrogen) atoms. The average molecular weight is 246 g/mol. The van der Waals surface area contributed by atoms with Crippen molar-refractivity contribution in [3.8, 4) is 11.6 Å². The molecule has 0 aliphatic heterocycles. The van der Waals surface area contributed by atoms with Crippen molar-refractivity contribution in [3.05, 3.63) is 45.7 Å². The summed E-state index contributed by atoms with van der Waals surface area (Å²) in [4.78, 5) is 22.9. The van der Waals surface area contributed by atoms with Crippen LogP contribution in [0, 0.1) is 6.92 Å². The number of aromatic nitrogens is 2. The molecule has 0 spiro atoms. The van der Waals surface area contributed by atoms with Crippen LogP contribution >= 0.6 is 0 Å². The number of carbonyl (C=O) groups is 1. The van der Waals surface area contributed by atoms with Crippen LogP contribution in [0.3, 0.4) is 0 Å². The number of nitrogens with zero attached hydrogens (tertiary/aromatic N) is 1. The number of benzene rings is 1. The molecule has 0 unspecified atom stereocenters. The lowest BCUT2D eigenvalue weighted by atomic mass is 10.2. The van der Waals surface area contributed by atoms with Crippen LogP contribution in [-0.2, 0) is 0 Å². The van der Waals surface area contributed by atoms with Gasteiger partial charge >= 0.3 is 0 Å². The van der Waals surface area contributed by atoms with Crippen molar-refractivity contribution in [1.29, 1.82) is 0 Å². The van der Waals surface area contributed by atoms with E-state index in [1.54, 1.807) is 19.1 Å². The fraction of sp³-hybridized carbons (Fsp3) is 0.231. The van der Waals surface area contributed by atoms with Crippen LogP contribution in [0.1, 0.15) is 22.8 Å². The Morgan fingerprint density at radius 2 is 2.00 bits per heavy atom. The first-order valence-corrected chi connectivity index (χ1v) is 5.67. The maximum atomic E-state index is 12.0. The highest BCUT2D eigenvalue weighted by Gasteiger charge is 2.15. The van der Waals surface area contributed by atoms with E-state index in [1.165, 1.54) is 4.68 Å². The lowest BCUT2D eigenvalue weighted by Crippen LogP contribution is -2.16. The summed E-state index contributed by atoms with van der Waals surface area (Å²) in [7, 11) is 0. The molecule has 1 heterocycles. The molecule has 0 fully saturated rings. The van der Waals surface area contributed by atoms with Gasteiger partial charge in [0.15, 0.2) is 6.29 Å². The second-order valence-corrected chi connectivity index (χ2v) is 3.88. The topological polar surface area (TPSA) is 64.1 Å². The first-order valence-electron chi connectivity index (χ1n) is 5.67. The van der Waals surface area contributed by atoms with Crippen molar-refractivity contribution in [2.75, 3.05) is 6.61 Å². The van der Waals surface area contributed by atoms with Crippen molar-refractivity contribution >= 4 is 6.29 Å². The van der Waals surface area contributed by atoms with Gasteiger partial charge in [0.25, 0.3) is 5.56 Å². The second kappa shape index (κ2) is 4.91. The average Bonchev–Trinajstić information content (AvgIpc) is 2.67. The van der Waals surface area contributed by atoms with Crippen molar-refractivity contribution < 1.29 is 9.53 Å². The van der Waals surface area contributed by atoms with E-state index in [1.807, 2.05) is 19.1 Å². The molecule has 1 aromatic carbocycles. The van der Waals surface area contributed by atoms with Crippen LogP contribution in [0.2, 0.25) is 0 Å². The van der Waals surface area contributed by atoms with Gasteiger partial charge in [0.05, 0.1) is 12.3 Å². The Kier molecular flexibility index (Phi) is 3.32. The first kappa shape index (κ1) is 12.2. The summed E-state index contributed by atoms with van der Waals surface area (Å²) in [6, 6.07) is 7.39. The third kappa shape index (κ3) is 2.07. The van der Waals surface area contributed by atoms with Gasteiger partial charge in [-0.2, -0.15) is 0 Å². The second-order valence-electron chi connectivity index (χ2n) is 3.88. The largest absolute Gasteiger partial charge is 0.478 e. The number of aryl methyl sites for hydroxylation is 1. The summed E-state index contributed by atoms with van der Waals surface area (Å²) in [6.45, 7) is 4.13. The number of aromatic amines is 1. The van der Waals surface area contributed by atoms with E-state index in [-0.39, 0.29) is 11.4 Å². The maximum absolute atomic E-state index is 12.0.